The fraction of sp³-hybridized carbons (Fsp3) is 0.385. The molecule has 2 N–H and O–H groups in total. The Morgan fingerprint density at radius 3 is 2.12 bits per heavy atom. The van der Waals surface area contributed by atoms with Gasteiger partial charge in [0.1, 0.15) is 0 Å². The minimum atomic E-state index is -1.54. The number of hydrogen-bond acceptors (Lipinski definition) is 2. The Balaban J connectivity index is 1.98. The molecule has 0 atom stereocenters. The van der Waals surface area contributed by atoms with Crippen molar-refractivity contribution in [3.63, 3.8) is 0 Å². The van der Waals surface area contributed by atoms with Gasteiger partial charge in [-0.3, -0.25) is 9.59 Å². The zero-order valence-corrected chi connectivity index (χ0v) is 9.30. The van der Waals surface area contributed by atoms with Gasteiger partial charge in [0.05, 0.1) is 0 Å². The second-order valence-corrected chi connectivity index (χ2v) is 4.66. The summed E-state index contributed by atoms with van der Waals surface area (Å²) < 4.78 is 0. The molecule has 0 unspecified atom stereocenters. The van der Waals surface area contributed by atoms with Crippen LogP contribution in [-0.4, -0.2) is 22.2 Å². The summed E-state index contributed by atoms with van der Waals surface area (Å²) in [6.45, 7) is 0. The van der Waals surface area contributed by atoms with Crippen LogP contribution in [0.1, 0.15) is 18.4 Å². The highest BCUT2D eigenvalue weighted by Crippen LogP contribution is 2.47. The average molecular weight is 234 g/mol. The van der Waals surface area contributed by atoms with Gasteiger partial charge >= 0.3 is 11.9 Å². The van der Waals surface area contributed by atoms with Gasteiger partial charge in [0, 0.05) is 0 Å². The van der Waals surface area contributed by atoms with Crippen LogP contribution >= 0.6 is 0 Å². The van der Waals surface area contributed by atoms with Crippen LogP contribution < -0.4 is 0 Å². The Hall–Kier alpha value is -1.84. The van der Waals surface area contributed by atoms with E-state index in [4.69, 9.17) is 10.2 Å². The first-order chi connectivity index (χ1) is 8.04. The molecule has 1 aliphatic rings. The molecule has 0 saturated heterocycles. The minimum absolute atomic E-state index is 0.157. The van der Waals surface area contributed by atoms with Gasteiger partial charge in [-0.05, 0) is 30.7 Å². The molecular weight excluding hydrogens is 220 g/mol. The molecule has 1 fully saturated rings. The lowest BCUT2D eigenvalue weighted by atomic mass is 9.60. The lowest BCUT2D eigenvalue weighted by Crippen LogP contribution is -2.50. The summed E-state index contributed by atoms with van der Waals surface area (Å²) >= 11 is 0. The van der Waals surface area contributed by atoms with Crippen LogP contribution in [0.3, 0.4) is 0 Å². The molecule has 0 heterocycles. The van der Waals surface area contributed by atoms with Crippen molar-refractivity contribution in [1.82, 2.24) is 0 Å². The minimum Gasteiger partial charge on any atom is -0.480 e. The molecule has 0 bridgehead atoms. The molecule has 0 radical (unpaired) electrons. The van der Waals surface area contributed by atoms with Crippen molar-refractivity contribution >= 4 is 11.9 Å². The van der Waals surface area contributed by atoms with Gasteiger partial charge in [-0.15, -0.1) is 0 Å². The maximum Gasteiger partial charge on any atom is 0.321 e. The molecule has 1 aromatic carbocycles. The first-order valence-corrected chi connectivity index (χ1v) is 5.55. The Bertz CT molecular complexity index is 416. The van der Waals surface area contributed by atoms with Crippen LogP contribution in [0.15, 0.2) is 30.3 Å². The van der Waals surface area contributed by atoms with Crippen molar-refractivity contribution < 1.29 is 19.8 Å². The summed E-state index contributed by atoms with van der Waals surface area (Å²) in [6, 6.07) is 9.72. The third-order valence-electron chi connectivity index (χ3n) is 3.46. The zero-order valence-electron chi connectivity index (χ0n) is 9.30. The monoisotopic (exact) mass is 234 g/mol. The van der Waals surface area contributed by atoms with Gasteiger partial charge < -0.3 is 10.2 Å². The summed E-state index contributed by atoms with van der Waals surface area (Å²) in [7, 11) is 0. The number of benzene rings is 1. The van der Waals surface area contributed by atoms with Gasteiger partial charge in [0.15, 0.2) is 5.41 Å². The van der Waals surface area contributed by atoms with E-state index in [1.807, 2.05) is 30.3 Å². The smallest absolute Gasteiger partial charge is 0.321 e. The number of aliphatic carboxylic acids is 2. The highest BCUT2D eigenvalue weighted by Gasteiger charge is 2.56. The fourth-order valence-electron chi connectivity index (χ4n) is 2.46. The molecule has 17 heavy (non-hydrogen) atoms. The molecule has 90 valence electrons. The largest absolute Gasteiger partial charge is 0.480 e. The average Bonchev–Trinajstić information content (AvgIpc) is 2.23. The summed E-state index contributed by atoms with van der Waals surface area (Å²) in [6.07, 6.45) is 1.21. The van der Waals surface area contributed by atoms with E-state index >= 15 is 0 Å². The van der Waals surface area contributed by atoms with Gasteiger partial charge in [0.2, 0.25) is 0 Å². The van der Waals surface area contributed by atoms with E-state index in [-0.39, 0.29) is 18.8 Å². The van der Waals surface area contributed by atoms with Crippen molar-refractivity contribution in [1.29, 1.82) is 0 Å². The van der Waals surface area contributed by atoms with Crippen LogP contribution in [0.25, 0.3) is 0 Å². The Morgan fingerprint density at radius 2 is 1.65 bits per heavy atom. The SMILES string of the molecule is O=C(O)C1(C(=O)O)CC(Cc2ccccc2)C1. The lowest BCUT2D eigenvalue weighted by Gasteiger charge is -2.41. The molecule has 2 rings (SSSR count). The zero-order chi connectivity index (χ0) is 12.5. The van der Waals surface area contributed by atoms with E-state index in [0.717, 1.165) is 12.0 Å². The van der Waals surface area contributed by atoms with Crippen LogP contribution in [0.5, 0.6) is 0 Å². The van der Waals surface area contributed by atoms with E-state index in [0.29, 0.717) is 0 Å². The lowest BCUT2D eigenvalue weighted by molar-refractivity contribution is -0.175. The molecule has 4 heteroatoms. The van der Waals surface area contributed by atoms with E-state index in [9.17, 15) is 9.59 Å². The van der Waals surface area contributed by atoms with Gasteiger partial charge in [0.25, 0.3) is 0 Å². The standard InChI is InChI=1S/C13H14O4/c14-11(15)13(12(16)17)7-10(8-13)6-9-4-2-1-3-5-9/h1-5,10H,6-8H2,(H,14,15)(H,16,17). The molecule has 0 amide bonds. The molecule has 1 aromatic rings. The van der Waals surface area contributed by atoms with E-state index in [2.05, 4.69) is 0 Å². The number of carboxylic acid groups (broad SMARTS) is 2. The molecule has 0 spiro atoms. The van der Waals surface area contributed by atoms with E-state index in [1.54, 1.807) is 0 Å². The normalized spacial score (nSPS) is 18.4. The van der Waals surface area contributed by atoms with Crippen LogP contribution in [-0.2, 0) is 16.0 Å². The quantitative estimate of drug-likeness (QED) is 0.779. The van der Waals surface area contributed by atoms with Gasteiger partial charge in [-0.2, -0.15) is 0 Å². The van der Waals surface area contributed by atoms with Crippen LogP contribution in [0.4, 0.5) is 0 Å². The van der Waals surface area contributed by atoms with Gasteiger partial charge in [-0.25, -0.2) is 0 Å². The molecule has 1 aliphatic carbocycles. The predicted octanol–water partition coefficient (Wildman–Crippen LogP) is 1.79. The summed E-state index contributed by atoms with van der Waals surface area (Å²) in [4.78, 5) is 21.9. The molecule has 0 aliphatic heterocycles. The van der Waals surface area contributed by atoms with E-state index < -0.39 is 17.4 Å². The second kappa shape index (κ2) is 4.20. The van der Waals surface area contributed by atoms with Crippen molar-refractivity contribution in [3.05, 3.63) is 35.9 Å². The Morgan fingerprint density at radius 1 is 1.12 bits per heavy atom. The van der Waals surface area contributed by atoms with E-state index in [1.165, 1.54) is 0 Å². The highest BCUT2D eigenvalue weighted by molar-refractivity contribution is 5.99. The Labute approximate surface area is 98.9 Å². The predicted molar refractivity (Wildman–Crippen MR) is 60.6 cm³/mol. The second-order valence-electron chi connectivity index (χ2n) is 4.66. The van der Waals surface area contributed by atoms with Crippen molar-refractivity contribution in [3.8, 4) is 0 Å². The van der Waals surface area contributed by atoms with Crippen molar-refractivity contribution in [2.24, 2.45) is 11.3 Å². The summed E-state index contributed by atoms with van der Waals surface area (Å²) in [5, 5.41) is 17.9. The van der Waals surface area contributed by atoms with Crippen molar-refractivity contribution in [2.75, 3.05) is 0 Å². The fourth-order valence-corrected chi connectivity index (χ4v) is 2.46. The number of carbonyl (C=O) groups is 2. The number of rotatable bonds is 4. The van der Waals surface area contributed by atoms with Crippen LogP contribution in [0, 0.1) is 11.3 Å². The first kappa shape index (κ1) is 11.6. The highest BCUT2D eigenvalue weighted by atomic mass is 16.4. The van der Waals surface area contributed by atoms with Crippen LogP contribution in [0.2, 0.25) is 0 Å². The molecule has 4 nitrogen and oxygen atoms in total. The maximum atomic E-state index is 11.0. The first-order valence-electron chi connectivity index (χ1n) is 5.55. The third kappa shape index (κ3) is 2.02. The topological polar surface area (TPSA) is 74.6 Å². The Kier molecular flexibility index (Phi) is 2.88. The molecular formula is C13H14O4. The summed E-state index contributed by atoms with van der Waals surface area (Å²) in [5.74, 6) is -2.27. The molecule has 0 aromatic heterocycles. The maximum absolute atomic E-state index is 11.0. The number of carboxylic acids is 2. The number of hydrogen-bond donors (Lipinski definition) is 2. The van der Waals surface area contributed by atoms with Crippen molar-refractivity contribution in [2.45, 2.75) is 19.3 Å². The van der Waals surface area contributed by atoms with Gasteiger partial charge in [-0.1, -0.05) is 30.3 Å². The summed E-state index contributed by atoms with van der Waals surface area (Å²) in [5.41, 5.74) is -0.415. The third-order valence-corrected chi connectivity index (χ3v) is 3.46. The molecule has 1 saturated carbocycles.